The van der Waals surface area contributed by atoms with Crippen molar-refractivity contribution in [2.24, 2.45) is 0 Å². The second-order valence-electron chi connectivity index (χ2n) is 4.75. The number of hydrogen-bond acceptors (Lipinski definition) is 5. The van der Waals surface area contributed by atoms with Crippen LogP contribution in [0.5, 0.6) is 0 Å². The number of rotatable bonds is 13. The van der Waals surface area contributed by atoms with Gasteiger partial charge in [-0.15, -0.1) is 0 Å². The van der Waals surface area contributed by atoms with Gasteiger partial charge in [-0.25, -0.2) is 0 Å². The van der Waals surface area contributed by atoms with Crippen LogP contribution in [0.15, 0.2) is 0 Å². The van der Waals surface area contributed by atoms with Crippen molar-refractivity contribution in [3.63, 3.8) is 0 Å². The van der Waals surface area contributed by atoms with E-state index in [-0.39, 0.29) is 0 Å². The molecule has 0 heterocycles. The summed E-state index contributed by atoms with van der Waals surface area (Å²) in [5, 5.41) is 3.29. The number of nitrogens with zero attached hydrogens (tertiary/aromatic N) is 1. The van der Waals surface area contributed by atoms with Crippen LogP contribution >= 0.6 is 0 Å². The van der Waals surface area contributed by atoms with Crippen molar-refractivity contribution in [2.45, 2.75) is 19.9 Å². The van der Waals surface area contributed by atoms with E-state index in [4.69, 9.17) is 14.2 Å². The Labute approximate surface area is 112 Å². The molecule has 1 N–H and O–H groups in total. The van der Waals surface area contributed by atoms with E-state index in [9.17, 15) is 0 Å². The molecule has 0 atom stereocenters. The Morgan fingerprint density at radius 3 is 1.83 bits per heavy atom. The number of likely N-dealkylation sites (N-methyl/N-ethyl adjacent to an activating group) is 1. The van der Waals surface area contributed by atoms with Crippen molar-refractivity contribution in [3.8, 4) is 0 Å². The Morgan fingerprint density at radius 2 is 1.33 bits per heavy atom. The van der Waals surface area contributed by atoms with Crippen LogP contribution in [0, 0.1) is 0 Å². The fourth-order valence-corrected chi connectivity index (χ4v) is 1.21. The van der Waals surface area contributed by atoms with Gasteiger partial charge >= 0.3 is 0 Å². The van der Waals surface area contributed by atoms with Gasteiger partial charge in [-0.1, -0.05) is 13.8 Å². The zero-order valence-corrected chi connectivity index (χ0v) is 12.4. The molecule has 0 radical (unpaired) electrons. The van der Waals surface area contributed by atoms with E-state index in [2.05, 4.69) is 24.1 Å². The molecular weight excluding hydrogens is 232 g/mol. The summed E-state index contributed by atoms with van der Waals surface area (Å²) >= 11 is 0. The monoisotopic (exact) mass is 262 g/mol. The Hall–Kier alpha value is -0.200. The highest BCUT2D eigenvalue weighted by atomic mass is 16.5. The highest BCUT2D eigenvalue weighted by molar-refractivity contribution is 4.50. The molecule has 0 amide bonds. The van der Waals surface area contributed by atoms with Crippen LogP contribution in [0.2, 0.25) is 0 Å². The zero-order valence-electron chi connectivity index (χ0n) is 12.4. The van der Waals surface area contributed by atoms with E-state index in [1.165, 1.54) is 0 Å². The van der Waals surface area contributed by atoms with Gasteiger partial charge in [-0.3, -0.25) is 0 Å². The third-order valence-electron chi connectivity index (χ3n) is 2.23. The minimum atomic E-state index is 0.518. The SMILES string of the molecule is CC(C)NCCOCCOCCOCCN(C)C. The van der Waals surface area contributed by atoms with Crippen LogP contribution in [0.4, 0.5) is 0 Å². The lowest BCUT2D eigenvalue weighted by Gasteiger charge is -2.10. The van der Waals surface area contributed by atoms with Crippen molar-refractivity contribution >= 4 is 0 Å². The highest BCUT2D eigenvalue weighted by Crippen LogP contribution is 1.83. The van der Waals surface area contributed by atoms with Gasteiger partial charge in [0.1, 0.15) is 0 Å². The minimum absolute atomic E-state index is 0.518. The van der Waals surface area contributed by atoms with Crippen LogP contribution in [-0.2, 0) is 14.2 Å². The van der Waals surface area contributed by atoms with Crippen molar-refractivity contribution in [1.82, 2.24) is 10.2 Å². The number of nitrogens with one attached hydrogen (secondary N) is 1. The van der Waals surface area contributed by atoms with E-state index in [1.54, 1.807) is 0 Å². The maximum atomic E-state index is 5.41. The fourth-order valence-electron chi connectivity index (χ4n) is 1.21. The molecule has 5 nitrogen and oxygen atoms in total. The third kappa shape index (κ3) is 15.8. The van der Waals surface area contributed by atoms with Crippen LogP contribution in [-0.4, -0.2) is 77.8 Å². The molecule has 0 unspecified atom stereocenters. The largest absolute Gasteiger partial charge is 0.378 e. The van der Waals surface area contributed by atoms with E-state index in [0.29, 0.717) is 32.5 Å². The standard InChI is InChI=1S/C13H30N2O3/c1-13(2)14-5-7-16-9-11-18-12-10-17-8-6-15(3)4/h13-14H,5-12H2,1-4H3. The first-order valence-electron chi connectivity index (χ1n) is 6.74. The van der Waals surface area contributed by atoms with Crippen LogP contribution in [0.1, 0.15) is 13.8 Å². The molecule has 0 aliphatic heterocycles. The molecule has 0 saturated carbocycles. The Balaban J connectivity index is 2.95. The lowest BCUT2D eigenvalue weighted by atomic mass is 10.4. The topological polar surface area (TPSA) is 43.0 Å². The predicted molar refractivity (Wildman–Crippen MR) is 74.1 cm³/mol. The van der Waals surface area contributed by atoms with Gasteiger partial charge < -0.3 is 24.4 Å². The molecule has 0 saturated heterocycles. The maximum absolute atomic E-state index is 5.41. The fraction of sp³-hybridized carbons (Fsp3) is 1.00. The van der Waals surface area contributed by atoms with Gasteiger partial charge in [0.05, 0.1) is 39.6 Å². The predicted octanol–water partition coefficient (Wildman–Crippen LogP) is 0.596. The molecule has 0 aromatic heterocycles. The van der Waals surface area contributed by atoms with Gasteiger partial charge in [-0.05, 0) is 14.1 Å². The first kappa shape index (κ1) is 17.8. The van der Waals surface area contributed by atoms with Crippen LogP contribution in [0.25, 0.3) is 0 Å². The van der Waals surface area contributed by atoms with Gasteiger partial charge in [0, 0.05) is 19.1 Å². The normalized spacial score (nSPS) is 11.7. The van der Waals surface area contributed by atoms with Crippen molar-refractivity contribution in [3.05, 3.63) is 0 Å². The van der Waals surface area contributed by atoms with E-state index in [0.717, 1.165) is 26.3 Å². The van der Waals surface area contributed by atoms with Crippen LogP contribution in [0.3, 0.4) is 0 Å². The maximum Gasteiger partial charge on any atom is 0.0701 e. The van der Waals surface area contributed by atoms with Gasteiger partial charge in [0.2, 0.25) is 0 Å². The lowest BCUT2D eigenvalue weighted by Crippen LogP contribution is -2.27. The smallest absolute Gasteiger partial charge is 0.0701 e. The average molecular weight is 262 g/mol. The zero-order chi connectivity index (χ0) is 13.6. The number of ether oxygens (including phenoxy) is 3. The highest BCUT2D eigenvalue weighted by Gasteiger charge is 1.94. The van der Waals surface area contributed by atoms with Crippen molar-refractivity contribution < 1.29 is 14.2 Å². The molecule has 0 fully saturated rings. The van der Waals surface area contributed by atoms with Crippen molar-refractivity contribution in [2.75, 3.05) is 66.8 Å². The van der Waals surface area contributed by atoms with E-state index in [1.807, 2.05) is 14.1 Å². The second kappa shape index (κ2) is 13.2. The summed E-state index contributed by atoms with van der Waals surface area (Å²) in [6, 6.07) is 0.518. The average Bonchev–Trinajstić information content (AvgIpc) is 2.29. The summed E-state index contributed by atoms with van der Waals surface area (Å²) in [6.07, 6.45) is 0. The minimum Gasteiger partial charge on any atom is -0.378 e. The van der Waals surface area contributed by atoms with Crippen LogP contribution < -0.4 is 5.32 Å². The van der Waals surface area contributed by atoms with Crippen molar-refractivity contribution in [1.29, 1.82) is 0 Å². The molecule has 5 heteroatoms. The van der Waals surface area contributed by atoms with E-state index >= 15 is 0 Å². The Kier molecular flexibility index (Phi) is 13.1. The van der Waals surface area contributed by atoms with Gasteiger partial charge in [0.25, 0.3) is 0 Å². The van der Waals surface area contributed by atoms with E-state index < -0.39 is 0 Å². The molecule has 0 bridgehead atoms. The third-order valence-corrected chi connectivity index (χ3v) is 2.23. The summed E-state index contributed by atoms with van der Waals surface area (Å²) < 4.78 is 16.2. The molecule has 0 aliphatic carbocycles. The Bertz CT molecular complexity index is 148. The summed E-state index contributed by atoms with van der Waals surface area (Å²) in [5.41, 5.74) is 0. The molecule has 0 spiro atoms. The molecule has 0 aromatic rings. The summed E-state index contributed by atoms with van der Waals surface area (Å²) in [4.78, 5) is 2.10. The molecule has 0 aromatic carbocycles. The molecule has 18 heavy (non-hydrogen) atoms. The van der Waals surface area contributed by atoms with Gasteiger partial charge in [-0.2, -0.15) is 0 Å². The summed E-state index contributed by atoms with van der Waals surface area (Å²) in [7, 11) is 4.07. The molecule has 0 aliphatic rings. The molecule has 110 valence electrons. The quantitative estimate of drug-likeness (QED) is 0.492. The lowest BCUT2D eigenvalue weighted by molar-refractivity contribution is 0.0127. The van der Waals surface area contributed by atoms with Gasteiger partial charge in [0.15, 0.2) is 0 Å². The number of hydrogen-bond donors (Lipinski definition) is 1. The summed E-state index contributed by atoms with van der Waals surface area (Å²) in [5.74, 6) is 0. The summed E-state index contributed by atoms with van der Waals surface area (Å²) in [6.45, 7) is 10.2. The second-order valence-corrected chi connectivity index (χ2v) is 4.75. The first-order valence-corrected chi connectivity index (χ1v) is 6.74. The first-order chi connectivity index (χ1) is 8.63. The Morgan fingerprint density at radius 1 is 0.833 bits per heavy atom. The molecule has 0 rings (SSSR count). The molecular formula is C13H30N2O3.